The number of para-hydroxylation sites is 2. The van der Waals surface area contributed by atoms with Gasteiger partial charge < -0.3 is 9.88 Å². The third-order valence-corrected chi connectivity index (χ3v) is 4.50. The minimum absolute atomic E-state index is 0.152. The Labute approximate surface area is 157 Å². The van der Waals surface area contributed by atoms with Crippen LogP contribution in [-0.4, -0.2) is 32.2 Å². The van der Waals surface area contributed by atoms with Crippen molar-refractivity contribution in [3.8, 4) is 0 Å². The number of rotatable bonds is 7. The van der Waals surface area contributed by atoms with E-state index in [4.69, 9.17) is 0 Å². The molecule has 2 aromatic heterocycles. The molecule has 0 bridgehead atoms. The van der Waals surface area contributed by atoms with Crippen LogP contribution in [0.3, 0.4) is 0 Å². The molecule has 0 aliphatic carbocycles. The molecule has 1 amide bonds. The van der Waals surface area contributed by atoms with Gasteiger partial charge in [0.2, 0.25) is 0 Å². The van der Waals surface area contributed by atoms with Gasteiger partial charge in [0.25, 0.3) is 5.91 Å². The Kier molecular flexibility index (Phi) is 4.96. The first-order valence-corrected chi connectivity index (χ1v) is 9.06. The second-order valence-electron chi connectivity index (χ2n) is 6.48. The Morgan fingerprint density at radius 3 is 2.78 bits per heavy atom. The average molecular weight is 359 g/mol. The summed E-state index contributed by atoms with van der Waals surface area (Å²) in [5.41, 5.74) is 4.57. The Morgan fingerprint density at radius 1 is 1.07 bits per heavy atom. The van der Waals surface area contributed by atoms with Crippen molar-refractivity contribution in [2.24, 2.45) is 0 Å². The van der Waals surface area contributed by atoms with Crippen LogP contribution in [0, 0.1) is 0 Å². The number of aromatic nitrogens is 4. The van der Waals surface area contributed by atoms with Gasteiger partial charge in [0.15, 0.2) is 0 Å². The largest absolute Gasteiger partial charge is 0.351 e. The molecule has 4 rings (SSSR count). The highest BCUT2D eigenvalue weighted by molar-refractivity contribution is 5.92. The van der Waals surface area contributed by atoms with Crippen molar-refractivity contribution in [2.45, 2.75) is 19.4 Å². The number of aromatic amines is 1. The number of hydrogen-bond donors (Lipinski definition) is 2. The quantitative estimate of drug-likeness (QED) is 0.498. The Hall–Kier alpha value is -3.41. The maximum absolute atomic E-state index is 12.3. The number of hydrogen-bond acceptors (Lipinski definition) is 3. The van der Waals surface area contributed by atoms with Crippen LogP contribution < -0.4 is 5.32 Å². The smallest absolute Gasteiger partial charge is 0.271 e. The fraction of sp³-hybridized carbons (Fsp3) is 0.190. The predicted molar refractivity (Wildman–Crippen MR) is 105 cm³/mol. The highest BCUT2D eigenvalue weighted by Crippen LogP contribution is 2.13. The summed E-state index contributed by atoms with van der Waals surface area (Å²) in [6.45, 7) is 1.22. The molecule has 0 saturated heterocycles. The summed E-state index contributed by atoms with van der Waals surface area (Å²) in [6, 6.07) is 20.0. The lowest BCUT2D eigenvalue weighted by atomic mass is 10.1. The maximum Gasteiger partial charge on any atom is 0.271 e. The molecule has 4 aromatic rings. The molecular weight excluding hydrogens is 338 g/mol. The van der Waals surface area contributed by atoms with Gasteiger partial charge in [-0.05, 0) is 36.6 Å². The second kappa shape index (κ2) is 7.86. The Balaban J connectivity index is 1.31. The minimum Gasteiger partial charge on any atom is -0.351 e. The van der Waals surface area contributed by atoms with Gasteiger partial charge in [0, 0.05) is 6.54 Å². The molecule has 0 aliphatic rings. The van der Waals surface area contributed by atoms with Gasteiger partial charge in [0.05, 0.1) is 29.6 Å². The standard InChI is InChI=1S/C21H21N5O/c27-21(22-12-6-9-16-7-2-1-3-8-16)19-13-17(24-25-19)14-26-15-23-18-10-4-5-11-20(18)26/h1-5,7-8,10-11,13,15H,6,9,12,14H2,(H,22,27)(H,24,25). The normalized spacial score (nSPS) is 11.0. The lowest BCUT2D eigenvalue weighted by molar-refractivity contribution is 0.0948. The molecule has 0 spiro atoms. The van der Waals surface area contributed by atoms with Gasteiger partial charge in [-0.1, -0.05) is 42.5 Å². The molecule has 136 valence electrons. The number of amides is 1. The SMILES string of the molecule is O=C(NCCCc1ccccc1)c1cc(Cn2cnc3ccccc32)[nH]n1. The molecule has 2 aromatic carbocycles. The molecule has 0 unspecified atom stereocenters. The lowest BCUT2D eigenvalue weighted by Gasteiger charge is -2.03. The Morgan fingerprint density at radius 2 is 1.89 bits per heavy atom. The van der Waals surface area contributed by atoms with Gasteiger partial charge >= 0.3 is 0 Å². The minimum atomic E-state index is -0.152. The van der Waals surface area contributed by atoms with Crippen molar-refractivity contribution in [2.75, 3.05) is 6.54 Å². The van der Waals surface area contributed by atoms with Crippen molar-refractivity contribution in [3.05, 3.63) is 83.9 Å². The fourth-order valence-electron chi connectivity index (χ4n) is 3.11. The molecular formula is C21H21N5O. The van der Waals surface area contributed by atoms with Crippen LogP contribution >= 0.6 is 0 Å². The zero-order valence-electron chi connectivity index (χ0n) is 14.9. The first kappa shape index (κ1) is 17.0. The summed E-state index contributed by atoms with van der Waals surface area (Å²) >= 11 is 0. The van der Waals surface area contributed by atoms with Crippen molar-refractivity contribution in [3.63, 3.8) is 0 Å². The summed E-state index contributed by atoms with van der Waals surface area (Å²) in [6.07, 6.45) is 3.64. The monoisotopic (exact) mass is 359 g/mol. The zero-order valence-corrected chi connectivity index (χ0v) is 14.9. The predicted octanol–water partition coefficient (Wildman–Crippen LogP) is 3.17. The molecule has 0 aliphatic heterocycles. The topological polar surface area (TPSA) is 75.6 Å². The number of fused-ring (bicyclic) bond motifs is 1. The van der Waals surface area contributed by atoms with Crippen molar-refractivity contribution < 1.29 is 4.79 Å². The maximum atomic E-state index is 12.3. The number of carbonyl (C=O) groups excluding carboxylic acids is 1. The summed E-state index contributed by atoms with van der Waals surface area (Å²) in [5, 5.41) is 10.0. The molecule has 0 radical (unpaired) electrons. The van der Waals surface area contributed by atoms with Crippen molar-refractivity contribution in [1.29, 1.82) is 0 Å². The lowest BCUT2D eigenvalue weighted by Crippen LogP contribution is -2.25. The van der Waals surface area contributed by atoms with E-state index in [1.54, 1.807) is 12.4 Å². The number of H-pyrrole nitrogens is 1. The third kappa shape index (κ3) is 4.06. The summed E-state index contributed by atoms with van der Waals surface area (Å²) < 4.78 is 2.03. The highest BCUT2D eigenvalue weighted by atomic mass is 16.1. The van der Waals surface area contributed by atoms with E-state index in [9.17, 15) is 4.79 Å². The van der Waals surface area contributed by atoms with E-state index in [0.29, 0.717) is 18.8 Å². The van der Waals surface area contributed by atoms with Crippen molar-refractivity contribution in [1.82, 2.24) is 25.1 Å². The zero-order chi connectivity index (χ0) is 18.5. The molecule has 6 heteroatoms. The number of nitrogens with zero attached hydrogens (tertiary/aromatic N) is 3. The van der Waals surface area contributed by atoms with Gasteiger partial charge in [0.1, 0.15) is 5.69 Å². The van der Waals surface area contributed by atoms with E-state index in [0.717, 1.165) is 29.6 Å². The number of benzene rings is 2. The summed E-state index contributed by atoms with van der Waals surface area (Å²) in [7, 11) is 0. The van der Waals surface area contributed by atoms with Crippen LogP contribution in [0.1, 0.15) is 28.2 Å². The van der Waals surface area contributed by atoms with E-state index in [-0.39, 0.29) is 5.91 Å². The molecule has 0 atom stereocenters. The van der Waals surface area contributed by atoms with E-state index in [1.807, 2.05) is 47.0 Å². The van der Waals surface area contributed by atoms with E-state index in [1.165, 1.54) is 5.56 Å². The van der Waals surface area contributed by atoms with Crippen molar-refractivity contribution >= 4 is 16.9 Å². The van der Waals surface area contributed by atoms with Crippen LogP contribution in [0.25, 0.3) is 11.0 Å². The number of carbonyl (C=O) groups is 1. The summed E-state index contributed by atoms with van der Waals surface area (Å²) in [5.74, 6) is -0.152. The average Bonchev–Trinajstić information content (AvgIpc) is 3.34. The van der Waals surface area contributed by atoms with Crippen LogP contribution in [0.5, 0.6) is 0 Å². The number of nitrogens with one attached hydrogen (secondary N) is 2. The van der Waals surface area contributed by atoms with Gasteiger partial charge in [-0.25, -0.2) is 4.98 Å². The van der Waals surface area contributed by atoms with Gasteiger partial charge in [-0.2, -0.15) is 5.10 Å². The molecule has 0 fully saturated rings. The number of imidazole rings is 1. The third-order valence-electron chi connectivity index (χ3n) is 4.50. The molecule has 2 heterocycles. The van der Waals surface area contributed by atoms with Crippen LogP contribution in [0.2, 0.25) is 0 Å². The van der Waals surface area contributed by atoms with Gasteiger partial charge in [-0.3, -0.25) is 9.89 Å². The van der Waals surface area contributed by atoms with Crippen LogP contribution in [-0.2, 0) is 13.0 Å². The highest BCUT2D eigenvalue weighted by Gasteiger charge is 2.11. The van der Waals surface area contributed by atoms with E-state index >= 15 is 0 Å². The second-order valence-corrected chi connectivity index (χ2v) is 6.48. The molecule has 0 saturated carbocycles. The number of aryl methyl sites for hydroxylation is 1. The van der Waals surface area contributed by atoms with Crippen LogP contribution in [0.4, 0.5) is 0 Å². The van der Waals surface area contributed by atoms with E-state index < -0.39 is 0 Å². The first-order chi connectivity index (χ1) is 13.3. The molecule has 27 heavy (non-hydrogen) atoms. The molecule has 6 nitrogen and oxygen atoms in total. The van der Waals surface area contributed by atoms with E-state index in [2.05, 4.69) is 32.6 Å². The van der Waals surface area contributed by atoms with Gasteiger partial charge in [-0.15, -0.1) is 0 Å². The molecule has 2 N–H and O–H groups in total. The Bertz CT molecular complexity index is 1030. The van der Waals surface area contributed by atoms with Crippen LogP contribution in [0.15, 0.2) is 67.0 Å². The summed E-state index contributed by atoms with van der Waals surface area (Å²) in [4.78, 5) is 16.7. The fourth-order valence-corrected chi connectivity index (χ4v) is 3.11. The first-order valence-electron chi connectivity index (χ1n) is 9.06.